The van der Waals surface area contributed by atoms with Gasteiger partial charge < -0.3 is 11.5 Å². The largest absolute Gasteiger partial charge is 0.322 e. The first-order valence-corrected chi connectivity index (χ1v) is 5.98. The normalized spacial score (nSPS) is 28.4. The Bertz CT molecular complexity index is 470. The van der Waals surface area contributed by atoms with E-state index in [1.807, 2.05) is 12.1 Å². The number of halogens is 2. The molecule has 16 heavy (non-hydrogen) atoms. The molecule has 1 aromatic rings. The summed E-state index contributed by atoms with van der Waals surface area (Å²) in [5, 5.41) is 0. The smallest absolute Gasteiger partial charge is 0.129 e. The van der Waals surface area contributed by atoms with E-state index in [0.717, 1.165) is 3.57 Å². The van der Waals surface area contributed by atoms with Crippen molar-refractivity contribution in [2.24, 2.45) is 11.5 Å². The first-order valence-electron chi connectivity index (χ1n) is 4.90. The summed E-state index contributed by atoms with van der Waals surface area (Å²) in [5.74, 6) is -0.315. The van der Waals surface area contributed by atoms with Gasteiger partial charge in [0.2, 0.25) is 0 Å². The van der Waals surface area contributed by atoms with E-state index in [1.165, 1.54) is 6.07 Å². The topological polar surface area (TPSA) is 52.0 Å². The fourth-order valence-corrected chi connectivity index (χ4v) is 2.23. The highest BCUT2D eigenvalue weighted by Crippen LogP contribution is 2.29. The van der Waals surface area contributed by atoms with Crippen LogP contribution in [0.4, 0.5) is 4.39 Å². The monoisotopic (exact) mass is 330 g/mol. The average molecular weight is 330 g/mol. The van der Waals surface area contributed by atoms with Crippen molar-refractivity contribution in [2.75, 3.05) is 0 Å². The summed E-state index contributed by atoms with van der Waals surface area (Å²) in [7, 11) is 0. The number of hydrogen-bond acceptors (Lipinski definition) is 2. The fourth-order valence-electron chi connectivity index (χ4n) is 1.78. The predicted molar refractivity (Wildman–Crippen MR) is 71.2 cm³/mol. The lowest BCUT2D eigenvalue weighted by Gasteiger charge is -2.33. The quantitative estimate of drug-likeness (QED) is 0.775. The minimum atomic E-state index is -0.955. The van der Waals surface area contributed by atoms with Gasteiger partial charge in [0.25, 0.3) is 0 Å². The number of nitrogens with two attached hydrogens (primary N) is 2. The second-order valence-electron chi connectivity index (χ2n) is 3.83. The molecule has 0 aromatic heterocycles. The molecule has 84 valence electrons. The lowest BCUT2D eigenvalue weighted by Crippen LogP contribution is -2.51. The van der Waals surface area contributed by atoms with E-state index >= 15 is 0 Å². The zero-order valence-corrected chi connectivity index (χ0v) is 10.7. The first kappa shape index (κ1) is 11.8. The van der Waals surface area contributed by atoms with E-state index < -0.39 is 11.6 Å². The van der Waals surface area contributed by atoms with E-state index in [2.05, 4.69) is 22.6 Å². The Morgan fingerprint density at radius 1 is 1.31 bits per heavy atom. The molecule has 0 amide bonds. The Morgan fingerprint density at radius 3 is 2.69 bits per heavy atom. The van der Waals surface area contributed by atoms with Gasteiger partial charge in [-0.25, -0.2) is 4.39 Å². The molecule has 2 atom stereocenters. The maximum absolute atomic E-state index is 13.9. The van der Waals surface area contributed by atoms with Gasteiger partial charge in [-0.05, 0) is 34.7 Å². The maximum atomic E-state index is 13.9. The molecular formula is C12H12FIN2. The van der Waals surface area contributed by atoms with Crippen LogP contribution in [-0.2, 0) is 5.54 Å². The van der Waals surface area contributed by atoms with Gasteiger partial charge in [0, 0.05) is 15.2 Å². The van der Waals surface area contributed by atoms with Crippen LogP contribution in [0, 0.1) is 9.39 Å². The molecule has 0 saturated carbocycles. The molecule has 4 N–H and O–H groups in total. The highest BCUT2D eigenvalue weighted by Gasteiger charge is 2.33. The van der Waals surface area contributed by atoms with Crippen LogP contribution in [0.15, 0.2) is 42.5 Å². The molecule has 0 bridgehead atoms. The minimum Gasteiger partial charge on any atom is -0.322 e. The van der Waals surface area contributed by atoms with Gasteiger partial charge in [-0.3, -0.25) is 0 Å². The summed E-state index contributed by atoms with van der Waals surface area (Å²) in [4.78, 5) is 0. The van der Waals surface area contributed by atoms with Crippen LogP contribution < -0.4 is 11.5 Å². The van der Waals surface area contributed by atoms with Gasteiger partial charge in [-0.2, -0.15) is 0 Å². The van der Waals surface area contributed by atoms with Gasteiger partial charge in [-0.1, -0.05) is 30.4 Å². The predicted octanol–water partition coefficient (Wildman–Crippen LogP) is 2.04. The van der Waals surface area contributed by atoms with Crippen molar-refractivity contribution < 1.29 is 4.39 Å². The summed E-state index contributed by atoms with van der Waals surface area (Å²) >= 11 is 2.06. The summed E-state index contributed by atoms with van der Waals surface area (Å²) in [6.07, 6.45) is 7.13. The molecule has 0 radical (unpaired) electrons. The summed E-state index contributed by atoms with van der Waals surface area (Å²) < 4.78 is 14.7. The van der Waals surface area contributed by atoms with Gasteiger partial charge in [0.05, 0.1) is 5.54 Å². The summed E-state index contributed by atoms with van der Waals surface area (Å²) in [5.41, 5.74) is 11.6. The number of hydrogen-bond donors (Lipinski definition) is 2. The number of benzene rings is 1. The second kappa shape index (κ2) is 4.27. The Kier molecular flexibility index (Phi) is 3.14. The molecule has 2 rings (SSSR count). The molecule has 1 aliphatic carbocycles. The van der Waals surface area contributed by atoms with Crippen molar-refractivity contribution >= 4 is 22.6 Å². The van der Waals surface area contributed by atoms with E-state index in [1.54, 1.807) is 24.3 Å². The molecular weight excluding hydrogens is 318 g/mol. The summed E-state index contributed by atoms with van der Waals surface area (Å²) in [6.45, 7) is 0. The van der Waals surface area contributed by atoms with Gasteiger partial charge in [0.15, 0.2) is 0 Å². The van der Waals surface area contributed by atoms with Crippen molar-refractivity contribution in [2.45, 2.75) is 11.6 Å². The van der Waals surface area contributed by atoms with Crippen LogP contribution in [0.2, 0.25) is 0 Å². The fraction of sp³-hybridized carbons (Fsp3) is 0.167. The Morgan fingerprint density at radius 2 is 2.06 bits per heavy atom. The highest BCUT2D eigenvalue weighted by molar-refractivity contribution is 14.1. The number of allylic oxidation sites excluding steroid dienone is 2. The highest BCUT2D eigenvalue weighted by atomic mass is 127. The van der Waals surface area contributed by atoms with Crippen molar-refractivity contribution in [3.8, 4) is 0 Å². The Hall–Kier alpha value is -0.720. The van der Waals surface area contributed by atoms with Gasteiger partial charge in [0.1, 0.15) is 5.82 Å². The first-order chi connectivity index (χ1) is 7.54. The average Bonchev–Trinajstić information content (AvgIpc) is 2.22. The molecule has 0 heterocycles. The molecule has 0 saturated heterocycles. The van der Waals surface area contributed by atoms with E-state index in [0.29, 0.717) is 5.56 Å². The minimum absolute atomic E-state index is 0.315. The lowest BCUT2D eigenvalue weighted by molar-refractivity contribution is 0.460. The SMILES string of the molecule is NC1C=CC=CC1(N)c1ccc(I)cc1F. The third-order valence-electron chi connectivity index (χ3n) is 2.75. The Balaban J connectivity index is 2.51. The van der Waals surface area contributed by atoms with E-state index in [4.69, 9.17) is 11.5 Å². The molecule has 0 spiro atoms. The molecule has 4 heteroatoms. The van der Waals surface area contributed by atoms with Crippen LogP contribution in [-0.4, -0.2) is 6.04 Å². The van der Waals surface area contributed by atoms with Crippen molar-refractivity contribution in [3.05, 3.63) is 57.5 Å². The number of rotatable bonds is 1. The van der Waals surface area contributed by atoms with Crippen LogP contribution in [0.25, 0.3) is 0 Å². The third-order valence-corrected chi connectivity index (χ3v) is 3.42. The zero-order chi connectivity index (χ0) is 11.8. The zero-order valence-electron chi connectivity index (χ0n) is 8.53. The molecule has 0 fully saturated rings. The molecule has 2 unspecified atom stereocenters. The van der Waals surface area contributed by atoms with Crippen LogP contribution in [0.1, 0.15) is 5.56 Å². The van der Waals surface area contributed by atoms with Gasteiger partial charge >= 0.3 is 0 Å². The van der Waals surface area contributed by atoms with Crippen LogP contribution >= 0.6 is 22.6 Å². The molecule has 1 aliphatic rings. The van der Waals surface area contributed by atoms with Crippen molar-refractivity contribution in [1.82, 2.24) is 0 Å². The molecule has 2 nitrogen and oxygen atoms in total. The molecule has 1 aromatic carbocycles. The second-order valence-corrected chi connectivity index (χ2v) is 5.07. The Labute approximate surface area is 107 Å². The van der Waals surface area contributed by atoms with Crippen molar-refractivity contribution in [1.29, 1.82) is 0 Å². The lowest BCUT2D eigenvalue weighted by atomic mass is 9.81. The molecule has 0 aliphatic heterocycles. The maximum Gasteiger partial charge on any atom is 0.129 e. The standard InChI is InChI=1S/C12H12FIN2/c13-10-7-8(14)4-5-9(10)12(16)6-2-1-3-11(12)15/h1-7,11H,15-16H2. The van der Waals surface area contributed by atoms with E-state index in [9.17, 15) is 4.39 Å². The summed E-state index contributed by atoms with van der Waals surface area (Å²) in [6, 6.07) is 4.57. The van der Waals surface area contributed by atoms with Crippen LogP contribution in [0.5, 0.6) is 0 Å². The third kappa shape index (κ3) is 1.92. The van der Waals surface area contributed by atoms with Crippen molar-refractivity contribution in [3.63, 3.8) is 0 Å². The van der Waals surface area contributed by atoms with Crippen LogP contribution in [0.3, 0.4) is 0 Å². The van der Waals surface area contributed by atoms with E-state index in [-0.39, 0.29) is 5.82 Å². The van der Waals surface area contributed by atoms with Gasteiger partial charge in [-0.15, -0.1) is 0 Å².